The van der Waals surface area contributed by atoms with E-state index in [1.807, 2.05) is 12.1 Å². The minimum absolute atomic E-state index is 0.311. The summed E-state index contributed by atoms with van der Waals surface area (Å²) >= 11 is 7.97. The first kappa shape index (κ1) is 10.8. The maximum absolute atomic E-state index is 13.5. The molecule has 1 nitrogen and oxygen atoms in total. The van der Waals surface area contributed by atoms with E-state index >= 15 is 0 Å². The van der Waals surface area contributed by atoms with Crippen LogP contribution in [0.25, 0.3) is 11.3 Å². The predicted octanol–water partition coefficient (Wildman–Crippen LogP) is 4.15. The Kier molecular flexibility index (Phi) is 3.21. The molecule has 0 unspecified atom stereocenters. The van der Waals surface area contributed by atoms with Crippen LogP contribution in [0.2, 0.25) is 5.02 Å². The minimum Gasteiger partial charge on any atom is -0.256 e. The molecule has 0 spiro atoms. The zero-order valence-electron chi connectivity index (χ0n) is 7.55. The van der Waals surface area contributed by atoms with Crippen LogP contribution in [0.5, 0.6) is 0 Å². The number of nitrogens with zero attached hydrogens (tertiary/aromatic N) is 1. The van der Waals surface area contributed by atoms with E-state index in [9.17, 15) is 4.39 Å². The van der Waals surface area contributed by atoms with Crippen LogP contribution in [0, 0.1) is 9.39 Å². The number of benzene rings is 1. The lowest BCUT2D eigenvalue weighted by molar-refractivity contribution is 0.630. The Morgan fingerprint density at radius 3 is 2.73 bits per heavy atom. The second kappa shape index (κ2) is 4.45. The van der Waals surface area contributed by atoms with Crippen molar-refractivity contribution in [2.45, 2.75) is 0 Å². The van der Waals surface area contributed by atoms with Gasteiger partial charge in [-0.05, 0) is 52.9 Å². The van der Waals surface area contributed by atoms with E-state index in [0.717, 1.165) is 3.57 Å². The zero-order valence-corrected chi connectivity index (χ0v) is 10.5. The molecule has 2 rings (SSSR count). The fourth-order valence-electron chi connectivity index (χ4n) is 1.25. The normalized spacial score (nSPS) is 10.3. The number of pyridine rings is 1. The number of halogens is 3. The summed E-state index contributed by atoms with van der Waals surface area (Å²) in [4.78, 5) is 4.11. The molecular formula is C11H6ClFIN. The fourth-order valence-corrected chi connectivity index (χ4v) is 1.87. The molecule has 0 aliphatic heterocycles. The van der Waals surface area contributed by atoms with E-state index in [4.69, 9.17) is 11.6 Å². The summed E-state index contributed by atoms with van der Waals surface area (Å²) in [7, 11) is 0. The third-order valence-corrected chi connectivity index (χ3v) is 2.83. The molecule has 2 aromatic rings. The SMILES string of the molecule is Fc1ccc(Cl)cc1-c1cc(I)ccn1. The maximum atomic E-state index is 13.5. The molecule has 0 aliphatic carbocycles. The Morgan fingerprint density at radius 1 is 1.20 bits per heavy atom. The highest BCUT2D eigenvalue weighted by Crippen LogP contribution is 2.25. The van der Waals surface area contributed by atoms with Gasteiger partial charge in [-0.2, -0.15) is 0 Å². The maximum Gasteiger partial charge on any atom is 0.132 e. The van der Waals surface area contributed by atoms with Gasteiger partial charge in [0.2, 0.25) is 0 Å². The molecule has 1 aromatic heterocycles. The number of aromatic nitrogens is 1. The van der Waals surface area contributed by atoms with Crippen molar-refractivity contribution < 1.29 is 4.39 Å². The lowest BCUT2D eigenvalue weighted by Gasteiger charge is -2.03. The first-order chi connectivity index (χ1) is 7.16. The molecule has 0 N–H and O–H groups in total. The molecular weight excluding hydrogens is 327 g/mol. The van der Waals surface area contributed by atoms with Crippen molar-refractivity contribution >= 4 is 34.2 Å². The Hall–Kier alpha value is -0.680. The highest BCUT2D eigenvalue weighted by molar-refractivity contribution is 14.1. The summed E-state index contributed by atoms with van der Waals surface area (Å²) in [6, 6.07) is 8.12. The van der Waals surface area contributed by atoms with Crippen molar-refractivity contribution in [3.63, 3.8) is 0 Å². The highest BCUT2D eigenvalue weighted by Gasteiger charge is 2.07. The molecule has 4 heteroatoms. The van der Waals surface area contributed by atoms with Crippen LogP contribution in [0.1, 0.15) is 0 Å². The molecule has 0 saturated heterocycles. The minimum atomic E-state index is -0.311. The second-order valence-corrected chi connectivity index (χ2v) is 4.67. The summed E-state index contributed by atoms with van der Waals surface area (Å²) in [6.07, 6.45) is 1.65. The van der Waals surface area contributed by atoms with Gasteiger partial charge in [-0.15, -0.1) is 0 Å². The van der Waals surface area contributed by atoms with Crippen LogP contribution < -0.4 is 0 Å². The van der Waals surface area contributed by atoms with Crippen LogP contribution in [0.3, 0.4) is 0 Å². The average Bonchev–Trinajstić information content (AvgIpc) is 2.22. The Bertz CT molecular complexity index is 502. The quantitative estimate of drug-likeness (QED) is 0.715. The summed E-state index contributed by atoms with van der Waals surface area (Å²) in [6.45, 7) is 0. The monoisotopic (exact) mass is 333 g/mol. The number of hydrogen-bond acceptors (Lipinski definition) is 1. The van der Waals surface area contributed by atoms with Crippen molar-refractivity contribution in [2.24, 2.45) is 0 Å². The fraction of sp³-hybridized carbons (Fsp3) is 0. The summed E-state index contributed by atoms with van der Waals surface area (Å²) in [5, 5.41) is 0.507. The van der Waals surface area contributed by atoms with Crippen molar-refractivity contribution in [3.8, 4) is 11.3 Å². The van der Waals surface area contributed by atoms with Crippen LogP contribution in [-0.2, 0) is 0 Å². The third kappa shape index (κ3) is 2.46. The van der Waals surface area contributed by atoms with Crippen LogP contribution in [-0.4, -0.2) is 4.98 Å². The van der Waals surface area contributed by atoms with Crippen LogP contribution in [0.15, 0.2) is 36.5 Å². The molecule has 0 amide bonds. The van der Waals surface area contributed by atoms with Crippen LogP contribution >= 0.6 is 34.2 Å². The summed E-state index contributed by atoms with van der Waals surface area (Å²) in [5.41, 5.74) is 1.03. The average molecular weight is 334 g/mol. The lowest BCUT2D eigenvalue weighted by atomic mass is 10.1. The number of hydrogen-bond donors (Lipinski definition) is 0. The number of rotatable bonds is 1. The van der Waals surface area contributed by atoms with Crippen molar-refractivity contribution in [2.75, 3.05) is 0 Å². The van der Waals surface area contributed by atoms with Gasteiger partial charge >= 0.3 is 0 Å². The molecule has 15 heavy (non-hydrogen) atoms. The first-order valence-corrected chi connectivity index (χ1v) is 5.69. The van der Waals surface area contributed by atoms with Crippen LogP contribution in [0.4, 0.5) is 4.39 Å². The van der Waals surface area contributed by atoms with E-state index in [2.05, 4.69) is 27.6 Å². The second-order valence-electron chi connectivity index (χ2n) is 2.98. The Labute approximate surface area is 105 Å². The largest absolute Gasteiger partial charge is 0.256 e. The van der Waals surface area contributed by atoms with E-state index in [0.29, 0.717) is 16.3 Å². The van der Waals surface area contributed by atoms with Gasteiger partial charge in [-0.1, -0.05) is 11.6 Å². The molecule has 0 bridgehead atoms. The van der Waals surface area contributed by atoms with Gasteiger partial charge in [0.05, 0.1) is 5.69 Å². The molecule has 1 aromatic carbocycles. The molecule has 1 heterocycles. The first-order valence-electron chi connectivity index (χ1n) is 4.24. The van der Waals surface area contributed by atoms with Crippen molar-refractivity contribution in [3.05, 3.63) is 50.9 Å². The van der Waals surface area contributed by atoms with E-state index in [1.165, 1.54) is 12.1 Å². The Balaban J connectivity index is 2.58. The molecule has 0 radical (unpaired) electrons. The third-order valence-electron chi connectivity index (χ3n) is 1.93. The van der Waals surface area contributed by atoms with Gasteiger partial charge in [0.1, 0.15) is 5.82 Å². The zero-order chi connectivity index (χ0) is 10.8. The Morgan fingerprint density at radius 2 is 2.00 bits per heavy atom. The topological polar surface area (TPSA) is 12.9 Å². The van der Waals surface area contributed by atoms with Gasteiger partial charge in [-0.25, -0.2) is 4.39 Å². The van der Waals surface area contributed by atoms with Gasteiger partial charge < -0.3 is 0 Å². The summed E-state index contributed by atoms with van der Waals surface area (Å²) < 4.78 is 14.5. The van der Waals surface area contributed by atoms with E-state index in [1.54, 1.807) is 12.3 Å². The van der Waals surface area contributed by atoms with Crippen molar-refractivity contribution in [1.82, 2.24) is 4.98 Å². The molecule has 0 aliphatic rings. The van der Waals surface area contributed by atoms with Crippen molar-refractivity contribution in [1.29, 1.82) is 0 Å². The predicted molar refractivity (Wildman–Crippen MR) is 67.4 cm³/mol. The molecule has 76 valence electrons. The van der Waals surface area contributed by atoms with Gasteiger partial charge in [0, 0.05) is 20.4 Å². The van der Waals surface area contributed by atoms with Gasteiger partial charge in [0.25, 0.3) is 0 Å². The smallest absolute Gasteiger partial charge is 0.132 e. The molecule has 0 fully saturated rings. The van der Waals surface area contributed by atoms with Gasteiger partial charge in [-0.3, -0.25) is 4.98 Å². The standard InChI is InChI=1S/C11H6ClFIN/c12-7-1-2-10(13)9(5-7)11-6-8(14)3-4-15-11/h1-6H. The molecule has 0 atom stereocenters. The van der Waals surface area contributed by atoms with Gasteiger partial charge in [0.15, 0.2) is 0 Å². The highest BCUT2D eigenvalue weighted by atomic mass is 127. The summed E-state index contributed by atoms with van der Waals surface area (Å²) in [5.74, 6) is -0.311. The van der Waals surface area contributed by atoms with E-state index < -0.39 is 0 Å². The molecule has 0 saturated carbocycles. The van der Waals surface area contributed by atoms with E-state index in [-0.39, 0.29) is 5.82 Å². The lowest BCUT2D eigenvalue weighted by Crippen LogP contribution is -1.88.